The quantitative estimate of drug-likeness (QED) is 0.521. The van der Waals surface area contributed by atoms with Crippen molar-refractivity contribution in [3.05, 3.63) is 51.0 Å². The first-order chi connectivity index (χ1) is 14.4. The molecule has 1 aliphatic heterocycles. The summed E-state index contributed by atoms with van der Waals surface area (Å²) in [6, 6.07) is 7.64. The van der Waals surface area contributed by atoms with Crippen LogP contribution >= 0.6 is 11.6 Å². The van der Waals surface area contributed by atoms with Gasteiger partial charge in [0.2, 0.25) is 0 Å². The van der Waals surface area contributed by atoms with Crippen LogP contribution in [0.4, 0.5) is 17.1 Å². The summed E-state index contributed by atoms with van der Waals surface area (Å²) < 4.78 is 16.0. The van der Waals surface area contributed by atoms with E-state index >= 15 is 0 Å². The van der Waals surface area contributed by atoms with Crippen LogP contribution in [0, 0.1) is 10.1 Å². The van der Waals surface area contributed by atoms with E-state index in [4.69, 9.17) is 25.8 Å². The molecule has 0 spiro atoms. The van der Waals surface area contributed by atoms with Gasteiger partial charge >= 0.3 is 0 Å². The molecule has 0 aromatic heterocycles. The number of rotatable bonds is 7. The lowest BCUT2D eigenvalue weighted by Crippen LogP contribution is -2.36. The first-order valence-corrected chi connectivity index (χ1v) is 9.75. The second kappa shape index (κ2) is 9.64. The van der Waals surface area contributed by atoms with E-state index in [9.17, 15) is 14.9 Å². The summed E-state index contributed by atoms with van der Waals surface area (Å²) in [5.74, 6) is -0.230. The molecule has 0 atom stereocenters. The van der Waals surface area contributed by atoms with Crippen molar-refractivity contribution in [2.75, 3.05) is 50.2 Å². The maximum Gasteiger partial charge on any atom is 0.286 e. The zero-order valence-electron chi connectivity index (χ0n) is 16.6. The average Bonchev–Trinajstić information content (AvgIpc) is 2.74. The van der Waals surface area contributed by atoms with Crippen LogP contribution in [0.5, 0.6) is 11.5 Å². The predicted molar refractivity (Wildman–Crippen MR) is 113 cm³/mol. The van der Waals surface area contributed by atoms with Gasteiger partial charge in [-0.1, -0.05) is 11.6 Å². The molecular formula is C20H22ClN3O6. The van der Waals surface area contributed by atoms with Crippen LogP contribution in [0.15, 0.2) is 30.3 Å². The van der Waals surface area contributed by atoms with Crippen molar-refractivity contribution in [2.45, 2.75) is 6.92 Å². The second-order valence-corrected chi connectivity index (χ2v) is 6.86. The number of hydrogen-bond donors (Lipinski definition) is 1. The zero-order chi connectivity index (χ0) is 21.7. The first kappa shape index (κ1) is 21.7. The van der Waals surface area contributed by atoms with E-state index in [1.54, 1.807) is 25.1 Å². The Hall–Kier alpha value is -3.04. The van der Waals surface area contributed by atoms with Crippen LogP contribution in [-0.2, 0) is 4.74 Å². The van der Waals surface area contributed by atoms with Crippen molar-refractivity contribution in [2.24, 2.45) is 0 Å². The molecule has 0 bridgehead atoms. The van der Waals surface area contributed by atoms with E-state index < -0.39 is 10.8 Å². The van der Waals surface area contributed by atoms with Crippen LogP contribution in [0.2, 0.25) is 5.02 Å². The Labute approximate surface area is 178 Å². The number of anilines is 2. The van der Waals surface area contributed by atoms with Gasteiger partial charge in [-0.2, -0.15) is 0 Å². The smallest absolute Gasteiger partial charge is 0.286 e. The van der Waals surface area contributed by atoms with Crippen LogP contribution < -0.4 is 19.7 Å². The molecule has 2 aromatic rings. The van der Waals surface area contributed by atoms with Crippen LogP contribution in [0.25, 0.3) is 0 Å². The molecule has 1 heterocycles. The highest BCUT2D eigenvalue weighted by Crippen LogP contribution is 2.36. The number of benzene rings is 2. The normalized spacial score (nSPS) is 13.6. The standard InChI is InChI=1S/C20H22ClN3O6/c1-3-30-19-12-17(24(26)27)14(11-18(19)28-2)20(25)22-15-10-13(21)4-5-16(15)23-6-8-29-9-7-23/h4-5,10-12H,3,6-9H2,1-2H3,(H,22,25). The molecule has 1 aliphatic rings. The van der Waals surface area contributed by atoms with Crippen LogP contribution in [-0.4, -0.2) is 50.9 Å². The number of ether oxygens (including phenoxy) is 3. The Bertz CT molecular complexity index is 946. The summed E-state index contributed by atoms with van der Waals surface area (Å²) in [7, 11) is 1.40. The third kappa shape index (κ3) is 4.74. The van der Waals surface area contributed by atoms with Gasteiger partial charge in [-0.25, -0.2) is 0 Å². The van der Waals surface area contributed by atoms with Gasteiger partial charge in [0.05, 0.1) is 49.3 Å². The minimum absolute atomic E-state index is 0.145. The molecule has 9 nitrogen and oxygen atoms in total. The number of methoxy groups -OCH3 is 1. The van der Waals surface area contributed by atoms with Gasteiger partial charge in [-0.15, -0.1) is 0 Å². The lowest BCUT2D eigenvalue weighted by atomic mass is 10.1. The Morgan fingerprint density at radius 1 is 1.27 bits per heavy atom. The van der Waals surface area contributed by atoms with Gasteiger partial charge < -0.3 is 24.4 Å². The maximum atomic E-state index is 13.0. The molecule has 1 N–H and O–H groups in total. The number of morpholine rings is 1. The third-order valence-corrected chi connectivity index (χ3v) is 4.82. The fourth-order valence-corrected chi connectivity index (χ4v) is 3.36. The van der Waals surface area contributed by atoms with E-state index in [0.717, 1.165) is 5.69 Å². The maximum absolute atomic E-state index is 13.0. The Balaban J connectivity index is 1.98. The second-order valence-electron chi connectivity index (χ2n) is 6.43. The first-order valence-electron chi connectivity index (χ1n) is 9.37. The summed E-state index contributed by atoms with van der Waals surface area (Å²) in [6.45, 7) is 4.49. The van der Waals surface area contributed by atoms with E-state index in [1.165, 1.54) is 19.2 Å². The number of carbonyl (C=O) groups is 1. The fraction of sp³-hybridized carbons (Fsp3) is 0.350. The highest BCUT2D eigenvalue weighted by atomic mass is 35.5. The van der Waals surface area contributed by atoms with E-state index in [-0.39, 0.29) is 22.7 Å². The topological polar surface area (TPSA) is 103 Å². The minimum atomic E-state index is -0.653. The summed E-state index contributed by atoms with van der Waals surface area (Å²) in [4.78, 5) is 26.0. The molecule has 1 saturated heterocycles. The number of hydrogen-bond acceptors (Lipinski definition) is 7. The third-order valence-electron chi connectivity index (χ3n) is 4.58. The van der Waals surface area contributed by atoms with Gasteiger partial charge in [0.25, 0.3) is 11.6 Å². The van der Waals surface area contributed by atoms with Crippen molar-refractivity contribution in [1.82, 2.24) is 0 Å². The van der Waals surface area contributed by atoms with Gasteiger partial charge in [0.1, 0.15) is 5.56 Å². The number of nitro benzene ring substituents is 1. The lowest BCUT2D eigenvalue weighted by molar-refractivity contribution is -0.385. The van der Waals surface area contributed by atoms with Gasteiger partial charge in [-0.3, -0.25) is 14.9 Å². The molecule has 2 aromatic carbocycles. The van der Waals surface area contributed by atoms with E-state index in [2.05, 4.69) is 10.2 Å². The van der Waals surface area contributed by atoms with Crippen molar-refractivity contribution in [1.29, 1.82) is 0 Å². The van der Waals surface area contributed by atoms with E-state index in [0.29, 0.717) is 43.6 Å². The molecule has 30 heavy (non-hydrogen) atoms. The molecule has 3 rings (SSSR count). The molecule has 0 radical (unpaired) electrons. The fourth-order valence-electron chi connectivity index (χ4n) is 3.19. The summed E-state index contributed by atoms with van der Waals surface area (Å²) in [5, 5.41) is 14.8. The van der Waals surface area contributed by atoms with Crippen LogP contribution in [0.1, 0.15) is 17.3 Å². The molecule has 0 saturated carbocycles. The summed E-state index contributed by atoms with van der Waals surface area (Å²) in [6.07, 6.45) is 0. The summed E-state index contributed by atoms with van der Waals surface area (Å²) >= 11 is 6.13. The Morgan fingerprint density at radius 2 is 2.00 bits per heavy atom. The SMILES string of the molecule is CCOc1cc([N+](=O)[O-])c(C(=O)Nc2cc(Cl)ccc2N2CCOCC2)cc1OC. The predicted octanol–water partition coefficient (Wildman–Crippen LogP) is 3.74. The minimum Gasteiger partial charge on any atom is -0.493 e. The highest BCUT2D eigenvalue weighted by Gasteiger charge is 2.26. The molecule has 0 aliphatic carbocycles. The van der Waals surface area contributed by atoms with Crippen molar-refractivity contribution in [3.63, 3.8) is 0 Å². The molecule has 1 amide bonds. The zero-order valence-corrected chi connectivity index (χ0v) is 17.4. The van der Waals surface area contributed by atoms with Gasteiger partial charge in [-0.05, 0) is 25.1 Å². The summed E-state index contributed by atoms with van der Waals surface area (Å²) in [5.41, 5.74) is 0.688. The lowest BCUT2D eigenvalue weighted by Gasteiger charge is -2.30. The molecule has 10 heteroatoms. The highest BCUT2D eigenvalue weighted by molar-refractivity contribution is 6.31. The number of amides is 1. The number of nitro groups is 1. The largest absolute Gasteiger partial charge is 0.493 e. The number of carbonyl (C=O) groups excluding carboxylic acids is 1. The van der Waals surface area contributed by atoms with Crippen molar-refractivity contribution in [3.8, 4) is 11.5 Å². The number of nitrogens with zero attached hydrogens (tertiary/aromatic N) is 2. The number of halogens is 1. The molecular weight excluding hydrogens is 414 g/mol. The van der Waals surface area contributed by atoms with Crippen molar-refractivity contribution < 1.29 is 23.9 Å². The van der Waals surface area contributed by atoms with Crippen LogP contribution in [0.3, 0.4) is 0 Å². The van der Waals surface area contributed by atoms with Gasteiger partial charge in [0.15, 0.2) is 11.5 Å². The van der Waals surface area contributed by atoms with Crippen molar-refractivity contribution >= 4 is 34.6 Å². The molecule has 1 fully saturated rings. The number of nitrogens with one attached hydrogen (secondary N) is 1. The monoisotopic (exact) mass is 435 g/mol. The average molecular weight is 436 g/mol. The molecule has 0 unspecified atom stereocenters. The Morgan fingerprint density at radius 3 is 2.63 bits per heavy atom. The Kier molecular flexibility index (Phi) is 6.96. The van der Waals surface area contributed by atoms with E-state index in [1.807, 2.05) is 0 Å². The van der Waals surface area contributed by atoms with Gasteiger partial charge in [0, 0.05) is 24.2 Å². The molecule has 160 valence electrons.